The first-order valence-corrected chi connectivity index (χ1v) is 9.13. The van der Waals surface area contributed by atoms with Crippen LogP contribution in [0.1, 0.15) is 44.2 Å². The molecule has 0 spiro atoms. The number of nitrogens with one attached hydrogen (secondary N) is 1. The van der Waals surface area contributed by atoms with Gasteiger partial charge in [-0.3, -0.25) is 4.79 Å². The van der Waals surface area contributed by atoms with Crippen molar-refractivity contribution in [1.29, 1.82) is 0 Å². The molecule has 140 valence electrons. The molecule has 2 heterocycles. The Bertz CT molecular complexity index is 588. The lowest BCUT2D eigenvalue weighted by molar-refractivity contribution is -0.132. The summed E-state index contributed by atoms with van der Waals surface area (Å²) >= 11 is 0. The van der Waals surface area contributed by atoms with Crippen molar-refractivity contribution < 1.29 is 14.3 Å². The Labute approximate surface area is 156 Å². The van der Waals surface area contributed by atoms with Crippen molar-refractivity contribution in [2.24, 2.45) is 0 Å². The fourth-order valence-electron chi connectivity index (χ4n) is 3.58. The van der Waals surface area contributed by atoms with E-state index in [0.29, 0.717) is 32.2 Å². The predicted octanol–water partition coefficient (Wildman–Crippen LogP) is 2.93. The van der Waals surface area contributed by atoms with E-state index in [0.717, 1.165) is 37.4 Å². The average Bonchev–Trinajstić information content (AvgIpc) is 3.08. The summed E-state index contributed by atoms with van der Waals surface area (Å²) in [5.74, 6) is 1.85. The average molecular weight is 369 g/mol. The van der Waals surface area contributed by atoms with E-state index in [1.54, 1.807) is 0 Å². The van der Waals surface area contributed by atoms with Gasteiger partial charge in [-0.25, -0.2) is 0 Å². The normalized spacial score (nSPS) is 19.1. The van der Waals surface area contributed by atoms with Gasteiger partial charge in [-0.05, 0) is 62.9 Å². The maximum absolute atomic E-state index is 12.6. The number of carbonyl (C=O) groups is 1. The number of nitrogens with zero attached hydrogens (tertiary/aromatic N) is 1. The van der Waals surface area contributed by atoms with E-state index < -0.39 is 0 Å². The van der Waals surface area contributed by atoms with E-state index in [9.17, 15) is 4.79 Å². The van der Waals surface area contributed by atoms with Crippen LogP contribution in [0.15, 0.2) is 12.1 Å². The van der Waals surface area contributed by atoms with Crippen LogP contribution in [0.5, 0.6) is 11.5 Å². The second-order valence-electron chi connectivity index (χ2n) is 6.50. The molecule has 25 heavy (non-hydrogen) atoms. The summed E-state index contributed by atoms with van der Waals surface area (Å²) in [5.41, 5.74) is 2.45. The third kappa shape index (κ3) is 4.79. The maximum atomic E-state index is 12.6. The molecule has 6 heteroatoms. The Morgan fingerprint density at radius 1 is 1.20 bits per heavy atom. The Morgan fingerprint density at radius 2 is 1.88 bits per heavy atom. The Hall–Kier alpha value is -1.46. The summed E-state index contributed by atoms with van der Waals surface area (Å²) in [4.78, 5) is 14.6. The van der Waals surface area contributed by atoms with E-state index in [1.807, 2.05) is 18.7 Å². The van der Waals surface area contributed by atoms with Crippen LogP contribution >= 0.6 is 12.4 Å². The monoisotopic (exact) mass is 368 g/mol. The van der Waals surface area contributed by atoms with Crippen molar-refractivity contribution in [2.75, 3.05) is 26.3 Å². The van der Waals surface area contributed by atoms with Crippen LogP contribution in [-0.4, -0.2) is 43.2 Å². The SMILES string of the molecule is CCOc1cc2c(cc1OCC)CN(C(=O)CC1CCCN1)CC2.Cl. The van der Waals surface area contributed by atoms with Gasteiger partial charge in [-0.15, -0.1) is 12.4 Å². The Morgan fingerprint density at radius 3 is 2.48 bits per heavy atom. The highest BCUT2D eigenvalue weighted by Crippen LogP contribution is 2.34. The quantitative estimate of drug-likeness (QED) is 0.838. The van der Waals surface area contributed by atoms with E-state index in [4.69, 9.17) is 9.47 Å². The summed E-state index contributed by atoms with van der Waals surface area (Å²) in [5, 5.41) is 3.41. The zero-order valence-corrected chi connectivity index (χ0v) is 16.0. The number of benzene rings is 1. The van der Waals surface area contributed by atoms with Crippen molar-refractivity contribution in [3.05, 3.63) is 23.3 Å². The van der Waals surface area contributed by atoms with Crippen LogP contribution in [-0.2, 0) is 17.8 Å². The molecule has 2 aliphatic heterocycles. The van der Waals surface area contributed by atoms with E-state index in [1.165, 1.54) is 17.5 Å². The van der Waals surface area contributed by atoms with Crippen molar-refractivity contribution >= 4 is 18.3 Å². The van der Waals surface area contributed by atoms with E-state index in [-0.39, 0.29) is 18.3 Å². The molecule has 1 N–H and O–H groups in total. The second-order valence-corrected chi connectivity index (χ2v) is 6.50. The standard InChI is InChI=1S/C19H28N2O3.ClH/c1-3-23-17-10-14-7-9-21(13-15(14)11-18(17)24-4-2)19(22)12-16-6-5-8-20-16;/h10-11,16,20H,3-9,12-13H2,1-2H3;1H. The highest BCUT2D eigenvalue weighted by Gasteiger charge is 2.26. The van der Waals surface area contributed by atoms with Gasteiger partial charge in [0, 0.05) is 25.6 Å². The molecule has 0 radical (unpaired) electrons. The number of ether oxygens (including phenoxy) is 2. The highest BCUT2D eigenvalue weighted by atomic mass is 35.5. The van der Waals surface area contributed by atoms with Gasteiger partial charge in [0.1, 0.15) is 0 Å². The molecule has 1 unspecified atom stereocenters. The fraction of sp³-hybridized carbons (Fsp3) is 0.632. The maximum Gasteiger partial charge on any atom is 0.224 e. The minimum absolute atomic E-state index is 0. The molecule has 2 aliphatic rings. The highest BCUT2D eigenvalue weighted by molar-refractivity contribution is 5.85. The number of fused-ring (bicyclic) bond motifs is 1. The van der Waals surface area contributed by atoms with Crippen molar-refractivity contribution in [2.45, 2.75) is 52.1 Å². The van der Waals surface area contributed by atoms with Crippen molar-refractivity contribution in [1.82, 2.24) is 10.2 Å². The van der Waals surface area contributed by atoms with Crippen LogP contribution in [0.3, 0.4) is 0 Å². The van der Waals surface area contributed by atoms with Gasteiger partial charge in [0.15, 0.2) is 11.5 Å². The van der Waals surface area contributed by atoms with Gasteiger partial charge >= 0.3 is 0 Å². The first kappa shape index (κ1) is 19.9. The molecule has 0 aromatic heterocycles. The molecule has 0 saturated carbocycles. The lowest BCUT2D eigenvalue weighted by atomic mass is 9.98. The van der Waals surface area contributed by atoms with E-state index in [2.05, 4.69) is 17.4 Å². The van der Waals surface area contributed by atoms with Gasteiger partial charge < -0.3 is 19.7 Å². The summed E-state index contributed by atoms with van der Waals surface area (Å²) in [6.45, 7) is 7.68. The number of hydrogen-bond donors (Lipinski definition) is 1. The van der Waals surface area contributed by atoms with Crippen molar-refractivity contribution in [3.8, 4) is 11.5 Å². The van der Waals surface area contributed by atoms with Crippen LogP contribution < -0.4 is 14.8 Å². The zero-order chi connectivity index (χ0) is 16.9. The molecular weight excluding hydrogens is 340 g/mol. The van der Waals surface area contributed by atoms with Crippen LogP contribution in [0.4, 0.5) is 0 Å². The van der Waals surface area contributed by atoms with Gasteiger partial charge in [0.05, 0.1) is 13.2 Å². The largest absolute Gasteiger partial charge is 0.490 e. The number of amides is 1. The number of carbonyl (C=O) groups excluding carboxylic acids is 1. The lowest BCUT2D eigenvalue weighted by Crippen LogP contribution is -2.39. The lowest BCUT2D eigenvalue weighted by Gasteiger charge is -2.30. The molecule has 1 saturated heterocycles. The molecule has 3 rings (SSSR count). The Kier molecular flexibility index (Phi) is 7.38. The minimum atomic E-state index is 0. The van der Waals surface area contributed by atoms with Gasteiger partial charge in [-0.2, -0.15) is 0 Å². The molecule has 1 aromatic carbocycles. The Balaban J connectivity index is 0.00000225. The zero-order valence-electron chi connectivity index (χ0n) is 15.2. The molecule has 1 atom stereocenters. The van der Waals surface area contributed by atoms with Gasteiger partial charge in [-0.1, -0.05) is 0 Å². The summed E-state index contributed by atoms with van der Waals surface area (Å²) in [6.07, 6.45) is 3.79. The molecule has 0 bridgehead atoms. The first-order valence-electron chi connectivity index (χ1n) is 9.13. The topological polar surface area (TPSA) is 50.8 Å². The number of rotatable bonds is 6. The summed E-state index contributed by atoms with van der Waals surface area (Å²) < 4.78 is 11.4. The fourth-order valence-corrected chi connectivity index (χ4v) is 3.58. The minimum Gasteiger partial charge on any atom is -0.490 e. The smallest absolute Gasteiger partial charge is 0.224 e. The number of hydrogen-bond acceptors (Lipinski definition) is 4. The number of halogens is 1. The molecular formula is C19H29ClN2O3. The predicted molar refractivity (Wildman–Crippen MR) is 101 cm³/mol. The van der Waals surface area contributed by atoms with E-state index >= 15 is 0 Å². The van der Waals surface area contributed by atoms with Crippen LogP contribution in [0, 0.1) is 0 Å². The molecule has 0 aliphatic carbocycles. The van der Waals surface area contributed by atoms with Crippen molar-refractivity contribution in [3.63, 3.8) is 0 Å². The third-order valence-electron chi connectivity index (χ3n) is 4.81. The summed E-state index contributed by atoms with van der Waals surface area (Å²) in [6, 6.07) is 4.50. The molecule has 1 amide bonds. The molecule has 1 fully saturated rings. The molecule has 1 aromatic rings. The molecule has 5 nitrogen and oxygen atoms in total. The van der Waals surface area contributed by atoms with Gasteiger partial charge in [0.2, 0.25) is 5.91 Å². The van der Waals surface area contributed by atoms with Crippen LogP contribution in [0.25, 0.3) is 0 Å². The summed E-state index contributed by atoms with van der Waals surface area (Å²) in [7, 11) is 0. The van der Waals surface area contributed by atoms with Gasteiger partial charge in [0.25, 0.3) is 0 Å². The third-order valence-corrected chi connectivity index (χ3v) is 4.81. The second kappa shape index (κ2) is 9.30. The van der Waals surface area contributed by atoms with Crippen LogP contribution in [0.2, 0.25) is 0 Å². The first-order chi connectivity index (χ1) is 11.7.